The Labute approximate surface area is 65.9 Å². The number of nitrogens with one attached hydrogen (secondary N) is 1. The van der Waals surface area contributed by atoms with Crippen LogP contribution in [0.15, 0.2) is 0 Å². The van der Waals surface area contributed by atoms with Gasteiger partial charge in [-0.2, -0.15) is 8.78 Å². The van der Waals surface area contributed by atoms with E-state index in [9.17, 15) is 8.78 Å². The van der Waals surface area contributed by atoms with Gasteiger partial charge in [-0.05, 0) is 13.0 Å². The molecule has 2 nitrogen and oxygen atoms in total. The van der Waals surface area contributed by atoms with Crippen LogP contribution in [0.5, 0.6) is 0 Å². The highest BCUT2D eigenvalue weighted by atomic mass is 19.3. The first-order valence-electron chi connectivity index (χ1n) is 3.66. The Morgan fingerprint density at radius 1 is 1.36 bits per heavy atom. The number of hydrogen-bond acceptors (Lipinski definition) is 2. The standard InChI is InChI=1S/C7H15F2NO/c1-5(2)6(4-10-3)11-7(8)9/h5-7,10H,4H2,1-3H3. The van der Waals surface area contributed by atoms with Gasteiger partial charge in [0, 0.05) is 6.54 Å². The molecule has 1 unspecified atom stereocenters. The highest BCUT2D eigenvalue weighted by Crippen LogP contribution is 2.09. The normalized spacial score (nSPS) is 14.5. The molecule has 0 rings (SSSR count). The lowest BCUT2D eigenvalue weighted by Gasteiger charge is -2.20. The number of rotatable bonds is 5. The number of halogens is 2. The lowest BCUT2D eigenvalue weighted by atomic mass is 10.1. The van der Waals surface area contributed by atoms with Gasteiger partial charge >= 0.3 is 6.61 Å². The summed E-state index contributed by atoms with van der Waals surface area (Å²) < 4.78 is 27.8. The van der Waals surface area contributed by atoms with Gasteiger partial charge in [-0.1, -0.05) is 13.8 Å². The Morgan fingerprint density at radius 3 is 2.18 bits per heavy atom. The first kappa shape index (κ1) is 10.8. The minimum absolute atomic E-state index is 0.108. The van der Waals surface area contributed by atoms with Crippen molar-refractivity contribution in [2.45, 2.75) is 26.6 Å². The van der Waals surface area contributed by atoms with Gasteiger partial charge < -0.3 is 10.1 Å². The van der Waals surface area contributed by atoms with Crippen molar-refractivity contribution in [3.05, 3.63) is 0 Å². The zero-order valence-electron chi connectivity index (χ0n) is 7.10. The van der Waals surface area contributed by atoms with Crippen molar-refractivity contribution in [1.29, 1.82) is 0 Å². The molecular formula is C7H15F2NO. The van der Waals surface area contributed by atoms with Crippen LogP contribution in [0.25, 0.3) is 0 Å². The number of likely N-dealkylation sites (N-methyl/N-ethyl adjacent to an activating group) is 1. The second kappa shape index (κ2) is 5.43. The van der Waals surface area contributed by atoms with E-state index in [2.05, 4.69) is 10.1 Å². The molecule has 0 aromatic rings. The number of hydrogen-bond donors (Lipinski definition) is 1. The fourth-order valence-electron chi connectivity index (χ4n) is 0.774. The molecule has 68 valence electrons. The molecule has 4 heteroatoms. The Bertz CT molecular complexity index is 98.4. The van der Waals surface area contributed by atoms with Crippen LogP contribution in [0.4, 0.5) is 8.78 Å². The summed E-state index contributed by atoms with van der Waals surface area (Å²) in [6.45, 7) is 1.49. The number of alkyl halides is 2. The zero-order valence-corrected chi connectivity index (χ0v) is 7.10. The van der Waals surface area contributed by atoms with E-state index in [4.69, 9.17) is 0 Å². The lowest BCUT2D eigenvalue weighted by Crippen LogP contribution is -2.32. The van der Waals surface area contributed by atoms with Crippen molar-refractivity contribution < 1.29 is 13.5 Å². The highest BCUT2D eigenvalue weighted by Gasteiger charge is 2.17. The molecule has 0 amide bonds. The molecule has 0 aromatic carbocycles. The van der Waals surface area contributed by atoms with Crippen molar-refractivity contribution >= 4 is 0 Å². The van der Waals surface area contributed by atoms with E-state index in [1.807, 2.05) is 13.8 Å². The van der Waals surface area contributed by atoms with E-state index in [-0.39, 0.29) is 5.92 Å². The predicted octanol–water partition coefficient (Wildman–Crippen LogP) is 1.47. The molecule has 0 heterocycles. The maximum Gasteiger partial charge on any atom is 0.345 e. The summed E-state index contributed by atoms with van der Waals surface area (Å²) in [7, 11) is 1.71. The van der Waals surface area contributed by atoms with Gasteiger partial charge in [0.1, 0.15) is 0 Å². The Morgan fingerprint density at radius 2 is 1.91 bits per heavy atom. The molecule has 0 saturated carbocycles. The summed E-state index contributed by atoms with van der Waals surface area (Å²) in [6.07, 6.45) is -0.403. The molecule has 0 aromatic heterocycles. The molecule has 0 saturated heterocycles. The maximum atomic E-state index is 11.7. The molecule has 0 fully saturated rings. The minimum atomic E-state index is -2.67. The van der Waals surface area contributed by atoms with E-state index in [1.165, 1.54) is 0 Å². The van der Waals surface area contributed by atoms with Crippen molar-refractivity contribution in [2.75, 3.05) is 13.6 Å². The molecule has 0 spiro atoms. The SMILES string of the molecule is CNCC(OC(F)F)C(C)C. The average Bonchev–Trinajstić information content (AvgIpc) is 1.86. The van der Waals surface area contributed by atoms with Gasteiger partial charge in [0.25, 0.3) is 0 Å². The van der Waals surface area contributed by atoms with Gasteiger partial charge in [-0.3, -0.25) is 0 Å². The average molecular weight is 167 g/mol. The van der Waals surface area contributed by atoms with E-state index < -0.39 is 12.7 Å². The van der Waals surface area contributed by atoms with Crippen LogP contribution in [0.1, 0.15) is 13.8 Å². The van der Waals surface area contributed by atoms with Crippen molar-refractivity contribution in [3.63, 3.8) is 0 Å². The molecular weight excluding hydrogens is 152 g/mol. The summed E-state index contributed by atoms with van der Waals surface area (Å²) in [5, 5.41) is 2.80. The summed E-state index contributed by atoms with van der Waals surface area (Å²) in [5.41, 5.74) is 0. The minimum Gasteiger partial charge on any atom is -0.318 e. The summed E-state index contributed by atoms with van der Waals surface area (Å²) >= 11 is 0. The Kier molecular flexibility index (Phi) is 5.32. The highest BCUT2D eigenvalue weighted by molar-refractivity contribution is 4.63. The first-order chi connectivity index (χ1) is 5.07. The van der Waals surface area contributed by atoms with Crippen LogP contribution in [-0.2, 0) is 4.74 Å². The third-order valence-corrected chi connectivity index (χ3v) is 1.43. The molecule has 0 bridgehead atoms. The molecule has 0 radical (unpaired) electrons. The second-order valence-electron chi connectivity index (χ2n) is 2.74. The van der Waals surface area contributed by atoms with Gasteiger partial charge in [0.2, 0.25) is 0 Å². The first-order valence-corrected chi connectivity index (χ1v) is 3.66. The topological polar surface area (TPSA) is 21.3 Å². The lowest BCUT2D eigenvalue weighted by molar-refractivity contribution is -0.171. The zero-order chi connectivity index (χ0) is 8.85. The van der Waals surface area contributed by atoms with E-state index in [1.54, 1.807) is 7.05 Å². The van der Waals surface area contributed by atoms with Crippen LogP contribution in [0, 0.1) is 5.92 Å². The third kappa shape index (κ3) is 5.09. The predicted molar refractivity (Wildman–Crippen MR) is 39.6 cm³/mol. The molecule has 0 aliphatic rings. The van der Waals surface area contributed by atoms with E-state index in [0.717, 1.165) is 0 Å². The molecule has 0 aliphatic carbocycles. The van der Waals surface area contributed by atoms with Crippen LogP contribution in [0.3, 0.4) is 0 Å². The van der Waals surface area contributed by atoms with Gasteiger partial charge in [0.15, 0.2) is 0 Å². The second-order valence-corrected chi connectivity index (χ2v) is 2.74. The molecule has 11 heavy (non-hydrogen) atoms. The monoisotopic (exact) mass is 167 g/mol. The summed E-state index contributed by atoms with van der Waals surface area (Å²) in [4.78, 5) is 0. The van der Waals surface area contributed by atoms with E-state index >= 15 is 0 Å². The Hall–Kier alpha value is -0.220. The van der Waals surface area contributed by atoms with Crippen LogP contribution >= 0.6 is 0 Å². The quantitative estimate of drug-likeness (QED) is 0.669. The van der Waals surface area contributed by atoms with Crippen molar-refractivity contribution in [2.24, 2.45) is 5.92 Å². The van der Waals surface area contributed by atoms with Gasteiger partial charge in [-0.15, -0.1) is 0 Å². The fraction of sp³-hybridized carbons (Fsp3) is 1.00. The van der Waals surface area contributed by atoms with Gasteiger partial charge in [-0.25, -0.2) is 0 Å². The number of ether oxygens (including phenoxy) is 1. The summed E-state index contributed by atoms with van der Waals surface area (Å²) in [6, 6.07) is 0. The van der Waals surface area contributed by atoms with Crippen LogP contribution < -0.4 is 5.32 Å². The van der Waals surface area contributed by atoms with Crippen LogP contribution in [-0.4, -0.2) is 26.3 Å². The smallest absolute Gasteiger partial charge is 0.318 e. The molecule has 1 N–H and O–H groups in total. The largest absolute Gasteiger partial charge is 0.345 e. The molecule has 1 atom stereocenters. The Balaban J connectivity index is 3.69. The maximum absolute atomic E-state index is 11.7. The third-order valence-electron chi connectivity index (χ3n) is 1.43. The van der Waals surface area contributed by atoms with Gasteiger partial charge in [0.05, 0.1) is 6.10 Å². The van der Waals surface area contributed by atoms with E-state index in [0.29, 0.717) is 6.54 Å². The van der Waals surface area contributed by atoms with Crippen LogP contribution in [0.2, 0.25) is 0 Å². The summed E-state index contributed by atoms with van der Waals surface area (Å²) in [5.74, 6) is 0.108. The molecule has 0 aliphatic heterocycles. The fourth-order valence-corrected chi connectivity index (χ4v) is 0.774. The van der Waals surface area contributed by atoms with Crippen molar-refractivity contribution in [3.8, 4) is 0 Å². The van der Waals surface area contributed by atoms with Crippen molar-refractivity contribution in [1.82, 2.24) is 5.32 Å².